The van der Waals surface area contributed by atoms with Crippen LogP contribution in [0.2, 0.25) is 5.02 Å². The molecule has 0 saturated carbocycles. The van der Waals surface area contributed by atoms with Gasteiger partial charge in [-0.2, -0.15) is 0 Å². The second kappa shape index (κ2) is 5.05. The Morgan fingerprint density at radius 2 is 2.21 bits per heavy atom. The van der Waals surface area contributed by atoms with Crippen LogP contribution in [0.3, 0.4) is 0 Å². The van der Waals surface area contributed by atoms with Gasteiger partial charge in [0.25, 0.3) is 0 Å². The maximum absolute atomic E-state index is 5.96. The van der Waals surface area contributed by atoms with Crippen molar-refractivity contribution in [2.75, 3.05) is 0 Å². The standard InChI is InChI=1S/C12H14ClN/c1-3-4-5-12(14)10-6-9(2)7-11(13)8-10/h1,6-8,12H,4-5,14H2,2H3. The Morgan fingerprint density at radius 3 is 2.79 bits per heavy atom. The minimum absolute atomic E-state index is 0.0107. The van der Waals surface area contributed by atoms with Gasteiger partial charge in [-0.3, -0.25) is 0 Å². The third-order valence-corrected chi connectivity index (χ3v) is 2.31. The molecule has 2 N–H and O–H groups in total. The first-order chi connectivity index (χ1) is 6.63. The molecule has 0 saturated heterocycles. The molecule has 1 nitrogen and oxygen atoms in total. The van der Waals surface area contributed by atoms with Crippen LogP contribution >= 0.6 is 11.6 Å². The summed E-state index contributed by atoms with van der Waals surface area (Å²) >= 11 is 5.93. The van der Waals surface area contributed by atoms with Gasteiger partial charge in [0.1, 0.15) is 0 Å². The van der Waals surface area contributed by atoms with E-state index in [-0.39, 0.29) is 6.04 Å². The Morgan fingerprint density at radius 1 is 1.50 bits per heavy atom. The SMILES string of the molecule is C#CCCC(N)c1cc(C)cc(Cl)c1. The molecule has 74 valence electrons. The quantitative estimate of drug-likeness (QED) is 0.758. The lowest BCUT2D eigenvalue weighted by Gasteiger charge is -2.11. The first kappa shape index (κ1) is 11.1. The van der Waals surface area contributed by atoms with Gasteiger partial charge in [0.15, 0.2) is 0 Å². The first-order valence-electron chi connectivity index (χ1n) is 4.59. The van der Waals surface area contributed by atoms with Crippen molar-refractivity contribution in [1.29, 1.82) is 0 Å². The van der Waals surface area contributed by atoms with Crippen LogP contribution in [0.15, 0.2) is 18.2 Å². The van der Waals surface area contributed by atoms with Crippen LogP contribution in [-0.4, -0.2) is 0 Å². The summed E-state index contributed by atoms with van der Waals surface area (Å²) in [4.78, 5) is 0. The van der Waals surface area contributed by atoms with Gasteiger partial charge in [0.2, 0.25) is 0 Å². The Labute approximate surface area is 90.3 Å². The van der Waals surface area contributed by atoms with E-state index in [0.29, 0.717) is 6.42 Å². The normalized spacial score (nSPS) is 12.1. The fourth-order valence-corrected chi connectivity index (χ4v) is 1.68. The minimum atomic E-state index is -0.0107. The molecule has 14 heavy (non-hydrogen) atoms. The highest BCUT2D eigenvalue weighted by molar-refractivity contribution is 6.30. The number of nitrogens with two attached hydrogens (primary N) is 1. The summed E-state index contributed by atoms with van der Waals surface area (Å²) in [5, 5.41) is 0.733. The molecule has 0 bridgehead atoms. The fourth-order valence-electron chi connectivity index (χ4n) is 1.38. The summed E-state index contributed by atoms with van der Waals surface area (Å²) in [5.41, 5.74) is 8.15. The maximum atomic E-state index is 5.96. The maximum Gasteiger partial charge on any atom is 0.0411 e. The van der Waals surface area contributed by atoms with E-state index in [1.165, 1.54) is 0 Å². The molecule has 0 fully saturated rings. The third-order valence-electron chi connectivity index (χ3n) is 2.09. The van der Waals surface area contributed by atoms with Gasteiger partial charge in [0.05, 0.1) is 0 Å². The minimum Gasteiger partial charge on any atom is -0.324 e. The second-order valence-electron chi connectivity index (χ2n) is 3.41. The molecule has 0 amide bonds. The summed E-state index contributed by atoms with van der Waals surface area (Å²) in [6.45, 7) is 2.00. The largest absolute Gasteiger partial charge is 0.324 e. The van der Waals surface area contributed by atoms with Gasteiger partial charge < -0.3 is 5.73 Å². The van der Waals surface area contributed by atoms with Crippen LogP contribution < -0.4 is 5.73 Å². The summed E-state index contributed by atoms with van der Waals surface area (Å²) in [5.74, 6) is 2.58. The Hall–Kier alpha value is -0.970. The van der Waals surface area contributed by atoms with E-state index in [1.807, 2.05) is 25.1 Å². The molecule has 0 aromatic heterocycles. The van der Waals surface area contributed by atoms with Crippen molar-refractivity contribution in [3.63, 3.8) is 0 Å². The number of aryl methyl sites for hydroxylation is 1. The number of halogens is 1. The van der Waals surface area contributed by atoms with Crippen LogP contribution in [0.5, 0.6) is 0 Å². The van der Waals surface area contributed by atoms with Crippen molar-refractivity contribution in [2.24, 2.45) is 5.73 Å². The number of benzene rings is 1. The van der Waals surface area contributed by atoms with Crippen molar-refractivity contribution in [3.05, 3.63) is 34.3 Å². The third kappa shape index (κ3) is 3.06. The highest BCUT2D eigenvalue weighted by Crippen LogP contribution is 2.21. The lowest BCUT2D eigenvalue weighted by molar-refractivity contribution is 0.667. The smallest absolute Gasteiger partial charge is 0.0411 e. The molecule has 0 radical (unpaired) electrons. The van der Waals surface area contributed by atoms with E-state index in [4.69, 9.17) is 23.8 Å². The van der Waals surface area contributed by atoms with Gasteiger partial charge in [-0.05, 0) is 36.6 Å². The van der Waals surface area contributed by atoms with E-state index in [0.717, 1.165) is 22.6 Å². The molecule has 1 rings (SSSR count). The highest BCUT2D eigenvalue weighted by atomic mass is 35.5. The predicted molar refractivity (Wildman–Crippen MR) is 61.2 cm³/mol. The number of hydrogen-bond acceptors (Lipinski definition) is 1. The van der Waals surface area contributed by atoms with Crippen molar-refractivity contribution in [2.45, 2.75) is 25.8 Å². The number of hydrogen-bond donors (Lipinski definition) is 1. The van der Waals surface area contributed by atoms with Crippen LogP contribution in [0.25, 0.3) is 0 Å². The van der Waals surface area contributed by atoms with Gasteiger partial charge in [-0.1, -0.05) is 17.7 Å². The summed E-state index contributed by atoms with van der Waals surface area (Å²) < 4.78 is 0. The molecule has 0 aliphatic rings. The van der Waals surface area contributed by atoms with Crippen LogP contribution in [-0.2, 0) is 0 Å². The van der Waals surface area contributed by atoms with Gasteiger partial charge in [-0.25, -0.2) is 0 Å². The highest BCUT2D eigenvalue weighted by Gasteiger charge is 2.06. The van der Waals surface area contributed by atoms with Crippen molar-refractivity contribution >= 4 is 11.6 Å². The van der Waals surface area contributed by atoms with Crippen molar-refractivity contribution in [3.8, 4) is 12.3 Å². The molecular weight excluding hydrogens is 194 g/mol. The van der Waals surface area contributed by atoms with E-state index in [1.54, 1.807) is 0 Å². The zero-order chi connectivity index (χ0) is 10.6. The van der Waals surface area contributed by atoms with E-state index >= 15 is 0 Å². The average molecular weight is 208 g/mol. The van der Waals surface area contributed by atoms with Crippen LogP contribution in [0.1, 0.15) is 30.0 Å². The van der Waals surface area contributed by atoms with Gasteiger partial charge in [-0.15, -0.1) is 12.3 Å². The summed E-state index contributed by atoms with van der Waals surface area (Å²) in [6, 6.07) is 5.85. The second-order valence-corrected chi connectivity index (χ2v) is 3.85. The average Bonchev–Trinajstić information content (AvgIpc) is 2.12. The Balaban J connectivity index is 2.79. The molecule has 2 heteroatoms. The lowest BCUT2D eigenvalue weighted by Crippen LogP contribution is -2.09. The van der Waals surface area contributed by atoms with E-state index < -0.39 is 0 Å². The Kier molecular flexibility index (Phi) is 4.00. The molecule has 0 heterocycles. The van der Waals surface area contributed by atoms with Crippen molar-refractivity contribution < 1.29 is 0 Å². The van der Waals surface area contributed by atoms with Gasteiger partial charge in [0, 0.05) is 17.5 Å². The number of terminal acetylenes is 1. The molecule has 0 spiro atoms. The van der Waals surface area contributed by atoms with E-state index in [9.17, 15) is 0 Å². The lowest BCUT2D eigenvalue weighted by atomic mass is 10.0. The van der Waals surface area contributed by atoms with Gasteiger partial charge >= 0.3 is 0 Å². The molecular formula is C12H14ClN. The monoisotopic (exact) mass is 207 g/mol. The first-order valence-corrected chi connectivity index (χ1v) is 4.97. The molecule has 1 aromatic carbocycles. The molecule has 1 aromatic rings. The van der Waals surface area contributed by atoms with Crippen LogP contribution in [0.4, 0.5) is 0 Å². The van der Waals surface area contributed by atoms with Crippen molar-refractivity contribution in [1.82, 2.24) is 0 Å². The molecule has 0 aliphatic carbocycles. The summed E-state index contributed by atoms with van der Waals surface area (Å²) in [6.07, 6.45) is 6.69. The summed E-state index contributed by atoms with van der Waals surface area (Å²) in [7, 11) is 0. The topological polar surface area (TPSA) is 26.0 Å². The predicted octanol–water partition coefficient (Wildman–Crippen LogP) is 3.06. The molecule has 1 unspecified atom stereocenters. The van der Waals surface area contributed by atoms with E-state index in [2.05, 4.69) is 5.92 Å². The number of rotatable bonds is 3. The molecule has 0 aliphatic heterocycles. The molecule has 1 atom stereocenters. The van der Waals surface area contributed by atoms with Crippen LogP contribution in [0, 0.1) is 19.3 Å². The zero-order valence-corrected chi connectivity index (χ0v) is 9.01. The Bertz CT molecular complexity index is 332. The fraction of sp³-hybridized carbons (Fsp3) is 0.333. The zero-order valence-electron chi connectivity index (χ0n) is 8.26.